The van der Waals surface area contributed by atoms with Gasteiger partial charge in [0, 0.05) is 19.7 Å². The zero-order valence-electron chi connectivity index (χ0n) is 14.3. The van der Waals surface area contributed by atoms with E-state index in [1.165, 1.54) is 30.5 Å². The number of unbranched alkanes of at least 4 members (excludes halogenated alkanes) is 3. The molecule has 22 heavy (non-hydrogen) atoms. The van der Waals surface area contributed by atoms with Gasteiger partial charge in [-0.25, -0.2) is 0 Å². The molecule has 0 heterocycles. The van der Waals surface area contributed by atoms with Gasteiger partial charge < -0.3 is 5.11 Å². The van der Waals surface area contributed by atoms with Crippen LogP contribution < -0.4 is 0 Å². The maximum Gasteiger partial charge on any atom is 0.0431 e. The number of hydrogen-bond donors (Lipinski definition) is 1. The molecule has 0 fully saturated rings. The Hall–Kier alpha value is -1.12. The van der Waals surface area contributed by atoms with E-state index in [0.717, 1.165) is 38.8 Å². The van der Waals surface area contributed by atoms with Gasteiger partial charge in [0.05, 0.1) is 0 Å². The highest BCUT2D eigenvalue weighted by molar-refractivity contribution is 5.35. The van der Waals surface area contributed by atoms with Gasteiger partial charge in [-0.2, -0.15) is 0 Å². The summed E-state index contributed by atoms with van der Waals surface area (Å²) in [5, 5.41) is 8.88. The molecule has 0 radical (unpaired) electrons. The zero-order chi connectivity index (χ0) is 15.8. The molecule has 0 aliphatic heterocycles. The van der Waals surface area contributed by atoms with Crippen LogP contribution in [0.2, 0.25) is 0 Å². The lowest BCUT2D eigenvalue weighted by atomic mass is 10.1. The van der Waals surface area contributed by atoms with Crippen molar-refractivity contribution in [3.05, 3.63) is 46.6 Å². The minimum Gasteiger partial charge on any atom is -0.396 e. The van der Waals surface area contributed by atoms with Gasteiger partial charge in [0.1, 0.15) is 0 Å². The van der Waals surface area contributed by atoms with Crippen molar-refractivity contribution in [1.82, 2.24) is 4.90 Å². The monoisotopic (exact) mass is 301 g/mol. The molecule has 0 bridgehead atoms. The SMILES string of the molecule is CC1=C(CN(CCCCCCO)CC2=C(C)C=CC2)CC=C1. The van der Waals surface area contributed by atoms with E-state index >= 15 is 0 Å². The lowest BCUT2D eigenvalue weighted by Crippen LogP contribution is -2.29. The molecule has 2 aliphatic carbocycles. The van der Waals surface area contributed by atoms with Crippen LogP contribution in [0.3, 0.4) is 0 Å². The minimum absolute atomic E-state index is 0.333. The average molecular weight is 301 g/mol. The Balaban J connectivity index is 1.86. The van der Waals surface area contributed by atoms with E-state index in [1.54, 1.807) is 11.1 Å². The first-order valence-corrected chi connectivity index (χ1v) is 8.74. The summed E-state index contributed by atoms with van der Waals surface area (Å²) in [6.07, 6.45) is 15.9. The van der Waals surface area contributed by atoms with Crippen molar-refractivity contribution in [2.24, 2.45) is 0 Å². The largest absolute Gasteiger partial charge is 0.396 e. The summed E-state index contributed by atoms with van der Waals surface area (Å²) in [7, 11) is 0. The van der Waals surface area contributed by atoms with Crippen molar-refractivity contribution in [2.75, 3.05) is 26.2 Å². The van der Waals surface area contributed by atoms with E-state index in [1.807, 2.05) is 0 Å². The minimum atomic E-state index is 0.333. The predicted octanol–water partition coefficient (Wildman–Crippen LogP) is 4.39. The molecule has 2 nitrogen and oxygen atoms in total. The van der Waals surface area contributed by atoms with Gasteiger partial charge >= 0.3 is 0 Å². The summed E-state index contributed by atoms with van der Waals surface area (Å²) in [6, 6.07) is 0. The van der Waals surface area contributed by atoms with Gasteiger partial charge in [0.25, 0.3) is 0 Å². The Bertz CT molecular complexity index is 444. The standard InChI is InChI=1S/C20H31NO/c1-17-9-7-11-19(17)15-21(13-5-3-4-6-14-22)16-20-12-8-10-18(20)2/h7-10,22H,3-6,11-16H2,1-2H3. The molecule has 0 saturated carbocycles. The lowest BCUT2D eigenvalue weighted by molar-refractivity contribution is 0.276. The molecular formula is C20H31NO. The van der Waals surface area contributed by atoms with E-state index < -0.39 is 0 Å². The topological polar surface area (TPSA) is 23.5 Å². The molecule has 0 saturated heterocycles. The third kappa shape index (κ3) is 5.26. The summed E-state index contributed by atoms with van der Waals surface area (Å²) in [6.45, 7) is 8.18. The maximum atomic E-state index is 8.88. The summed E-state index contributed by atoms with van der Waals surface area (Å²) in [5.74, 6) is 0. The molecule has 0 aromatic rings. The number of aliphatic hydroxyl groups is 1. The summed E-state index contributed by atoms with van der Waals surface area (Å²) in [4.78, 5) is 2.62. The molecule has 2 heteroatoms. The van der Waals surface area contributed by atoms with Gasteiger partial charge in [0.2, 0.25) is 0 Å². The number of rotatable bonds is 10. The molecule has 0 atom stereocenters. The molecule has 0 amide bonds. The third-order valence-corrected chi connectivity index (χ3v) is 4.79. The first-order chi connectivity index (χ1) is 10.7. The van der Waals surface area contributed by atoms with Crippen molar-refractivity contribution in [3.8, 4) is 0 Å². The van der Waals surface area contributed by atoms with Crippen molar-refractivity contribution < 1.29 is 5.11 Å². The van der Waals surface area contributed by atoms with Crippen LogP contribution in [0.25, 0.3) is 0 Å². The molecule has 122 valence electrons. The average Bonchev–Trinajstić information content (AvgIpc) is 3.08. The maximum absolute atomic E-state index is 8.88. The smallest absolute Gasteiger partial charge is 0.0431 e. The van der Waals surface area contributed by atoms with E-state index in [0.29, 0.717) is 6.61 Å². The molecular weight excluding hydrogens is 270 g/mol. The Kier molecular flexibility index (Phi) is 7.14. The molecule has 2 aliphatic rings. The normalized spacial score (nSPS) is 17.6. The van der Waals surface area contributed by atoms with Crippen LogP contribution in [0.1, 0.15) is 52.4 Å². The Morgan fingerprint density at radius 3 is 1.86 bits per heavy atom. The molecule has 2 rings (SSSR count). The van der Waals surface area contributed by atoms with Crippen molar-refractivity contribution in [2.45, 2.75) is 52.4 Å². The predicted molar refractivity (Wildman–Crippen MR) is 94.9 cm³/mol. The first kappa shape index (κ1) is 17.2. The number of allylic oxidation sites excluding steroid dienone is 6. The van der Waals surface area contributed by atoms with Crippen LogP contribution in [-0.2, 0) is 0 Å². The van der Waals surface area contributed by atoms with Gasteiger partial charge in [0.15, 0.2) is 0 Å². The fourth-order valence-electron chi connectivity index (χ4n) is 3.25. The fourth-order valence-corrected chi connectivity index (χ4v) is 3.25. The van der Waals surface area contributed by atoms with Gasteiger partial charge in [-0.3, -0.25) is 4.90 Å². The highest BCUT2D eigenvalue weighted by atomic mass is 16.2. The Morgan fingerprint density at radius 1 is 0.864 bits per heavy atom. The van der Waals surface area contributed by atoms with Crippen LogP contribution in [0, 0.1) is 0 Å². The van der Waals surface area contributed by atoms with E-state index in [9.17, 15) is 0 Å². The van der Waals surface area contributed by atoms with Crippen LogP contribution in [0.15, 0.2) is 46.6 Å². The molecule has 1 N–H and O–H groups in total. The molecule has 0 unspecified atom stereocenters. The van der Waals surface area contributed by atoms with E-state index in [2.05, 4.69) is 43.1 Å². The quantitative estimate of drug-likeness (QED) is 0.605. The van der Waals surface area contributed by atoms with Crippen LogP contribution in [-0.4, -0.2) is 36.2 Å². The number of aliphatic hydroxyl groups excluding tert-OH is 1. The van der Waals surface area contributed by atoms with Crippen molar-refractivity contribution in [3.63, 3.8) is 0 Å². The molecule has 0 spiro atoms. The molecule has 0 aromatic carbocycles. The second kappa shape index (κ2) is 9.12. The highest BCUT2D eigenvalue weighted by Crippen LogP contribution is 2.23. The van der Waals surface area contributed by atoms with E-state index in [-0.39, 0.29) is 0 Å². The van der Waals surface area contributed by atoms with Crippen LogP contribution in [0.5, 0.6) is 0 Å². The summed E-state index contributed by atoms with van der Waals surface area (Å²) < 4.78 is 0. The van der Waals surface area contributed by atoms with E-state index in [4.69, 9.17) is 5.11 Å². The summed E-state index contributed by atoms with van der Waals surface area (Å²) >= 11 is 0. The van der Waals surface area contributed by atoms with Crippen molar-refractivity contribution >= 4 is 0 Å². The van der Waals surface area contributed by atoms with Crippen LogP contribution >= 0.6 is 0 Å². The highest BCUT2D eigenvalue weighted by Gasteiger charge is 2.15. The Morgan fingerprint density at radius 2 is 1.41 bits per heavy atom. The Labute approximate surface area is 135 Å². The molecule has 0 aromatic heterocycles. The number of hydrogen-bond acceptors (Lipinski definition) is 2. The van der Waals surface area contributed by atoms with Gasteiger partial charge in [-0.1, -0.05) is 48.3 Å². The fraction of sp³-hybridized carbons (Fsp3) is 0.600. The van der Waals surface area contributed by atoms with Crippen molar-refractivity contribution in [1.29, 1.82) is 0 Å². The second-order valence-corrected chi connectivity index (χ2v) is 6.63. The lowest BCUT2D eigenvalue weighted by Gasteiger charge is -2.25. The van der Waals surface area contributed by atoms with Crippen LogP contribution in [0.4, 0.5) is 0 Å². The second-order valence-electron chi connectivity index (χ2n) is 6.63. The first-order valence-electron chi connectivity index (χ1n) is 8.74. The third-order valence-electron chi connectivity index (χ3n) is 4.79. The zero-order valence-corrected chi connectivity index (χ0v) is 14.3. The number of nitrogens with zero attached hydrogens (tertiary/aromatic N) is 1. The summed E-state index contributed by atoms with van der Waals surface area (Å²) in [5.41, 5.74) is 6.08. The van der Waals surface area contributed by atoms with Gasteiger partial charge in [-0.15, -0.1) is 0 Å². The van der Waals surface area contributed by atoms with Gasteiger partial charge in [-0.05, 0) is 57.2 Å².